The van der Waals surface area contributed by atoms with E-state index in [1.807, 2.05) is 16.7 Å². The number of hydrogen-bond acceptors (Lipinski definition) is 4. The van der Waals surface area contributed by atoms with Crippen molar-refractivity contribution in [1.82, 2.24) is 10.2 Å². The number of carbonyl (C=O) groups excluding carboxylic acids is 1. The van der Waals surface area contributed by atoms with Crippen molar-refractivity contribution in [3.63, 3.8) is 0 Å². The zero-order chi connectivity index (χ0) is 16.1. The van der Waals surface area contributed by atoms with E-state index in [-0.39, 0.29) is 12.3 Å². The lowest BCUT2D eigenvalue weighted by Crippen LogP contribution is -2.52. The number of hydrogen-bond donors (Lipinski definition) is 1. The van der Waals surface area contributed by atoms with E-state index in [1.54, 1.807) is 0 Å². The van der Waals surface area contributed by atoms with Crippen molar-refractivity contribution in [1.29, 1.82) is 0 Å². The van der Waals surface area contributed by atoms with E-state index in [1.165, 1.54) is 19.3 Å². The second-order valence-corrected chi connectivity index (χ2v) is 8.28. The fourth-order valence-electron chi connectivity index (χ4n) is 3.95. The minimum Gasteiger partial charge on any atom is -0.350 e. The summed E-state index contributed by atoms with van der Waals surface area (Å²) < 4.78 is 11.2. The van der Waals surface area contributed by atoms with Crippen LogP contribution in [0.25, 0.3) is 0 Å². The molecule has 0 spiro atoms. The van der Waals surface area contributed by atoms with Gasteiger partial charge in [-0.2, -0.15) is 11.8 Å². The molecular weight excluding hydrogens is 312 g/mol. The molecule has 2 saturated heterocycles. The van der Waals surface area contributed by atoms with Crippen LogP contribution in [-0.4, -0.2) is 60.6 Å². The van der Waals surface area contributed by atoms with Crippen LogP contribution in [0.4, 0.5) is 4.79 Å². The van der Waals surface area contributed by atoms with E-state index < -0.39 is 0 Å². The van der Waals surface area contributed by atoms with Crippen LogP contribution in [-0.2, 0) is 9.47 Å². The standard InChI is InChI=1S/C17H30N2O3S/c1-2-23-15-6-4-3-5-14(15)18-17(20)19-9-7-13(8-10-19)16-21-11-12-22-16/h13-16H,2-12H2,1H3,(H,18,20)/t14-,15-/m1/s1. The van der Waals surface area contributed by atoms with Gasteiger partial charge >= 0.3 is 6.03 Å². The van der Waals surface area contributed by atoms with Gasteiger partial charge in [0, 0.05) is 30.3 Å². The molecule has 0 radical (unpaired) electrons. The van der Waals surface area contributed by atoms with Crippen LogP contribution in [0.15, 0.2) is 0 Å². The van der Waals surface area contributed by atoms with E-state index in [0.717, 1.165) is 38.1 Å². The summed E-state index contributed by atoms with van der Waals surface area (Å²) in [6, 6.07) is 0.478. The van der Waals surface area contributed by atoms with Gasteiger partial charge in [-0.1, -0.05) is 19.8 Å². The SMILES string of the molecule is CCS[C@@H]1CCCC[C@H]1NC(=O)N1CCC(C2OCCO2)CC1. The molecule has 6 heteroatoms. The number of nitrogens with one attached hydrogen (secondary N) is 1. The molecule has 2 amide bonds. The van der Waals surface area contributed by atoms with Crippen LogP contribution < -0.4 is 5.32 Å². The second kappa shape index (κ2) is 8.58. The Bertz CT molecular complexity index is 380. The van der Waals surface area contributed by atoms with Gasteiger partial charge in [-0.05, 0) is 31.4 Å². The average Bonchev–Trinajstić information content (AvgIpc) is 3.11. The van der Waals surface area contributed by atoms with E-state index in [4.69, 9.17) is 9.47 Å². The Morgan fingerprint density at radius 2 is 1.83 bits per heavy atom. The number of piperidine rings is 1. The molecule has 0 unspecified atom stereocenters. The molecule has 2 heterocycles. The third-order valence-electron chi connectivity index (χ3n) is 5.25. The van der Waals surface area contributed by atoms with Crippen LogP contribution in [0.1, 0.15) is 45.4 Å². The van der Waals surface area contributed by atoms with Crippen LogP contribution in [0.2, 0.25) is 0 Å². The normalized spacial score (nSPS) is 30.6. The number of nitrogens with zero attached hydrogens (tertiary/aromatic N) is 1. The predicted molar refractivity (Wildman–Crippen MR) is 92.7 cm³/mol. The Labute approximate surface area is 143 Å². The minimum atomic E-state index is -0.0381. The molecule has 0 bridgehead atoms. The summed E-state index contributed by atoms with van der Waals surface area (Å²) in [4.78, 5) is 14.6. The van der Waals surface area contributed by atoms with Crippen molar-refractivity contribution < 1.29 is 14.3 Å². The van der Waals surface area contributed by atoms with Crippen molar-refractivity contribution >= 4 is 17.8 Å². The highest BCUT2D eigenvalue weighted by atomic mass is 32.2. The smallest absolute Gasteiger partial charge is 0.317 e. The molecule has 1 N–H and O–H groups in total. The minimum absolute atomic E-state index is 0.0381. The van der Waals surface area contributed by atoms with E-state index in [9.17, 15) is 4.79 Å². The summed E-state index contributed by atoms with van der Waals surface area (Å²) in [6.07, 6.45) is 6.84. The number of ether oxygens (including phenoxy) is 2. The topological polar surface area (TPSA) is 50.8 Å². The molecular formula is C17H30N2O3S. The Balaban J connectivity index is 1.45. The molecule has 0 aromatic rings. The highest BCUT2D eigenvalue weighted by Crippen LogP contribution is 2.29. The lowest BCUT2D eigenvalue weighted by Gasteiger charge is -2.37. The molecule has 0 aromatic carbocycles. The first-order valence-electron chi connectivity index (χ1n) is 9.18. The lowest BCUT2D eigenvalue weighted by molar-refractivity contribution is -0.0952. The van der Waals surface area contributed by atoms with E-state index >= 15 is 0 Å². The lowest BCUT2D eigenvalue weighted by atomic mass is 9.94. The summed E-state index contributed by atoms with van der Waals surface area (Å²) in [7, 11) is 0. The molecule has 2 atom stereocenters. The van der Waals surface area contributed by atoms with Crippen LogP contribution >= 0.6 is 11.8 Å². The van der Waals surface area contributed by atoms with Crippen molar-refractivity contribution in [3.05, 3.63) is 0 Å². The van der Waals surface area contributed by atoms with Gasteiger partial charge in [-0.15, -0.1) is 0 Å². The number of likely N-dealkylation sites (tertiary alicyclic amines) is 1. The molecule has 3 aliphatic rings. The van der Waals surface area contributed by atoms with Crippen LogP contribution in [0.5, 0.6) is 0 Å². The van der Waals surface area contributed by atoms with Gasteiger partial charge in [0.2, 0.25) is 0 Å². The van der Waals surface area contributed by atoms with Crippen molar-refractivity contribution in [2.45, 2.75) is 63.0 Å². The van der Waals surface area contributed by atoms with E-state index in [0.29, 0.717) is 30.4 Å². The first-order chi connectivity index (χ1) is 11.3. The second-order valence-electron chi connectivity index (χ2n) is 6.77. The molecule has 5 nitrogen and oxygen atoms in total. The quantitative estimate of drug-likeness (QED) is 0.853. The molecule has 3 rings (SSSR count). The molecule has 132 valence electrons. The maximum atomic E-state index is 12.6. The summed E-state index contributed by atoms with van der Waals surface area (Å²) in [5, 5.41) is 3.90. The predicted octanol–water partition coefficient (Wildman–Crippen LogP) is 2.85. The summed E-state index contributed by atoms with van der Waals surface area (Å²) in [6.45, 7) is 5.26. The Hall–Kier alpha value is -0.460. The van der Waals surface area contributed by atoms with Gasteiger partial charge in [0.25, 0.3) is 0 Å². The average molecular weight is 343 g/mol. The summed E-state index contributed by atoms with van der Waals surface area (Å²) >= 11 is 2.00. The first kappa shape index (κ1) is 17.4. The van der Waals surface area contributed by atoms with Crippen molar-refractivity contribution in [2.75, 3.05) is 32.1 Å². The zero-order valence-electron chi connectivity index (χ0n) is 14.2. The third-order valence-corrected chi connectivity index (χ3v) is 6.58. The number of thioether (sulfide) groups is 1. The molecule has 2 aliphatic heterocycles. The fraction of sp³-hybridized carbons (Fsp3) is 0.941. The molecule has 23 heavy (non-hydrogen) atoms. The number of carbonyl (C=O) groups is 1. The zero-order valence-corrected chi connectivity index (χ0v) is 15.0. The van der Waals surface area contributed by atoms with Gasteiger partial charge in [0.05, 0.1) is 13.2 Å². The van der Waals surface area contributed by atoms with Crippen molar-refractivity contribution in [2.24, 2.45) is 5.92 Å². The maximum Gasteiger partial charge on any atom is 0.317 e. The number of urea groups is 1. The summed E-state index contributed by atoms with van der Waals surface area (Å²) in [5.74, 6) is 1.57. The Kier molecular flexibility index (Phi) is 6.48. The maximum absolute atomic E-state index is 12.6. The number of rotatable bonds is 4. The van der Waals surface area contributed by atoms with Gasteiger partial charge in [-0.25, -0.2) is 4.79 Å². The monoisotopic (exact) mass is 342 g/mol. The van der Waals surface area contributed by atoms with E-state index in [2.05, 4.69) is 12.2 Å². The Morgan fingerprint density at radius 1 is 1.13 bits per heavy atom. The van der Waals surface area contributed by atoms with Crippen LogP contribution in [0, 0.1) is 5.92 Å². The largest absolute Gasteiger partial charge is 0.350 e. The van der Waals surface area contributed by atoms with Gasteiger partial charge in [0.1, 0.15) is 0 Å². The van der Waals surface area contributed by atoms with Crippen molar-refractivity contribution in [3.8, 4) is 0 Å². The number of amides is 2. The fourth-order valence-corrected chi connectivity index (χ4v) is 5.15. The third kappa shape index (κ3) is 4.54. The summed E-state index contributed by atoms with van der Waals surface area (Å²) in [5.41, 5.74) is 0. The van der Waals surface area contributed by atoms with Gasteiger partial charge < -0.3 is 19.7 Å². The van der Waals surface area contributed by atoms with Crippen LogP contribution in [0.3, 0.4) is 0 Å². The highest BCUT2D eigenvalue weighted by molar-refractivity contribution is 7.99. The molecule has 1 aliphatic carbocycles. The molecule has 3 fully saturated rings. The molecule has 0 aromatic heterocycles. The van der Waals surface area contributed by atoms with Gasteiger partial charge in [-0.3, -0.25) is 0 Å². The Morgan fingerprint density at radius 3 is 2.52 bits per heavy atom. The van der Waals surface area contributed by atoms with Gasteiger partial charge in [0.15, 0.2) is 6.29 Å². The first-order valence-corrected chi connectivity index (χ1v) is 10.2. The molecule has 1 saturated carbocycles. The highest BCUT2D eigenvalue weighted by Gasteiger charge is 2.33.